The molecule has 2 aromatic rings. The summed E-state index contributed by atoms with van der Waals surface area (Å²) in [5, 5.41) is 0. The first-order valence-corrected chi connectivity index (χ1v) is 7.55. The molecule has 4 heteroatoms. The smallest absolute Gasteiger partial charge is 0.352 e. The van der Waals surface area contributed by atoms with Crippen molar-refractivity contribution in [3.63, 3.8) is 0 Å². The maximum absolute atomic E-state index is 12.2. The van der Waals surface area contributed by atoms with E-state index in [1.54, 1.807) is 6.92 Å². The van der Waals surface area contributed by atoms with E-state index in [-0.39, 0.29) is 5.97 Å². The summed E-state index contributed by atoms with van der Waals surface area (Å²) in [6.45, 7) is 4.04. The molecule has 21 heavy (non-hydrogen) atoms. The number of halogens is 1. The average Bonchev–Trinajstić information content (AvgIpc) is 2.47. The zero-order valence-electron chi connectivity index (χ0n) is 12.0. The molecule has 1 unspecified atom stereocenters. The standard InChI is InChI=1S/C17H17BrO3/c1-3-20-17(19)16(13-7-5-4-6-8-13)21-15-10-9-14(18)11-12(15)2/h4-11,16H,3H2,1-2H3. The van der Waals surface area contributed by atoms with Gasteiger partial charge in [0, 0.05) is 10.0 Å². The molecule has 1 atom stereocenters. The van der Waals surface area contributed by atoms with Gasteiger partial charge in [0.15, 0.2) is 0 Å². The van der Waals surface area contributed by atoms with Crippen LogP contribution in [0.4, 0.5) is 0 Å². The van der Waals surface area contributed by atoms with Gasteiger partial charge in [-0.05, 0) is 37.6 Å². The minimum absolute atomic E-state index is 0.324. The largest absolute Gasteiger partial charge is 0.474 e. The monoisotopic (exact) mass is 348 g/mol. The molecular formula is C17H17BrO3. The van der Waals surface area contributed by atoms with Crippen LogP contribution in [0.3, 0.4) is 0 Å². The Bertz CT molecular complexity index is 611. The Morgan fingerprint density at radius 2 is 1.90 bits per heavy atom. The van der Waals surface area contributed by atoms with Crippen molar-refractivity contribution in [2.24, 2.45) is 0 Å². The van der Waals surface area contributed by atoms with Gasteiger partial charge in [-0.2, -0.15) is 0 Å². The average molecular weight is 349 g/mol. The number of hydrogen-bond acceptors (Lipinski definition) is 3. The second kappa shape index (κ2) is 7.27. The minimum Gasteiger partial charge on any atom is -0.474 e. The third-order valence-corrected chi connectivity index (χ3v) is 3.48. The molecule has 0 bridgehead atoms. The molecule has 110 valence electrons. The van der Waals surface area contributed by atoms with Gasteiger partial charge in [0.2, 0.25) is 6.10 Å². The van der Waals surface area contributed by atoms with Gasteiger partial charge in [-0.3, -0.25) is 0 Å². The molecule has 3 nitrogen and oxygen atoms in total. The molecule has 0 saturated carbocycles. The van der Waals surface area contributed by atoms with Crippen LogP contribution in [0.1, 0.15) is 24.2 Å². The van der Waals surface area contributed by atoms with Crippen molar-refractivity contribution in [1.29, 1.82) is 0 Å². The van der Waals surface area contributed by atoms with Gasteiger partial charge in [0.1, 0.15) is 5.75 Å². The van der Waals surface area contributed by atoms with Gasteiger partial charge in [-0.25, -0.2) is 4.79 Å². The molecule has 0 aliphatic carbocycles. The number of rotatable bonds is 5. The lowest BCUT2D eigenvalue weighted by atomic mass is 10.1. The van der Waals surface area contributed by atoms with Crippen molar-refractivity contribution in [3.05, 3.63) is 64.1 Å². The van der Waals surface area contributed by atoms with Crippen LogP contribution < -0.4 is 4.74 Å². The summed E-state index contributed by atoms with van der Waals surface area (Å²) in [7, 11) is 0. The molecule has 0 radical (unpaired) electrons. The van der Waals surface area contributed by atoms with Crippen LogP contribution in [-0.4, -0.2) is 12.6 Å². The Balaban J connectivity index is 2.30. The molecule has 2 rings (SSSR count). The third kappa shape index (κ3) is 4.08. The van der Waals surface area contributed by atoms with Gasteiger partial charge in [0.25, 0.3) is 0 Å². The number of carbonyl (C=O) groups is 1. The van der Waals surface area contributed by atoms with Gasteiger partial charge in [0.05, 0.1) is 6.61 Å². The second-order valence-electron chi connectivity index (χ2n) is 4.57. The predicted octanol–water partition coefficient (Wildman–Crippen LogP) is 4.44. The van der Waals surface area contributed by atoms with E-state index in [4.69, 9.17) is 9.47 Å². The first-order valence-electron chi connectivity index (χ1n) is 6.76. The quantitative estimate of drug-likeness (QED) is 0.749. The zero-order valence-corrected chi connectivity index (χ0v) is 13.6. The Hall–Kier alpha value is -1.81. The summed E-state index contributed by atoms with van der Waals surface area (Å²) in [4.78, 5) is 12.2. The molecule has 0 amide bonds. The van der Waals surface area contributed by atoms with Gasteiger partial charge < -0.3 is 9.47 Å². The van der Waals surface area contributed by atoms with Gasteiger partial charge in [-0.15, -0.1) is 0 Å². The van der Waals surface area contributed by atoms with E-state index < -0.39 is 6.10 Å². The molecule has 0 heterocycles. The number of ether oxygens (including phenoxy) is 2. The molecular weight excluding hydrogens is 332 g/mol. The summed E-state index contributed by atoms with van der Waals surface area (Å²) >= 11 is 3.41. The third-order valence-electron chi connectivity index (χ3n) is 2.98. The normalized spacial score (nSPS) is 11.8. The lowest BCUT2D eigenvalue weighted by Crippen LogP contribution is -2.21. The van der Waals surface area contributed by atoms with E-state index in [1.165, 1.54) is 0 Å². The first-order chi connectivity index (χ1) is 10.1. The summed E-state index contributed by atoms with van der Waals surface area (Å²) in [6, 6.07) is 15.0. The van der Waals surface area contributed by atoms with Crippen LogP contribution in [-0.2, 0) is 9.53 Å². The number of aryl methyl sites for hydroxylation is 1. The van der Waals surface area contributed by atoms with Crippen LogP contribution in [0.15, 0.2) is 53.0 Å². The minimum atomic E-state index is -0.758. The van der Waals surface area contributed by atoms with Crippen molar-refractivity contribution >= 4 is 21.9 Å². The van der Waals surface area contributed by atoms with Crippen LogP contribution in [0.25, 0.3) is 0 Å². The fourth-order valence-electron chi connectivity index (χ4n) is 1.97. The lowest BCUT2D eigenvalue weighted by molar-refractivity contribution is -0.151. The van der Waals surface area contributed by atoms with E-state index in [0.29, 0.717) is 12.4 Å². The molecule has 0 aliphatic rings. The van der Waals surface area contributed by atoms with Crippen molar-refractivity contribution < 1.29 is 14.3 Å². The topological polar surface area (TPSA) is 35.5 Å². The maximum Gasteiger partial charge on any atom is 0.352 e. The highest BCUT2D eigenvalue weighted by Crippen LogP contribution is 2.28. The molecule has 0 fully saturated rings. The van der Waals surface area contributed by atoms with E-state index in [2.05, 4.69) is 15.9 Å². The van der Waals surface area contributed by atoms with Gasteiger partial charge in [-0.1, -0.05) is 46.3 Å². The SMILES string of the molecule is CCOC(=O)C(Oc1ccc(Br)cc1C)c1ccccc1. The van der Waals surface area contributed by atoms with Crippen LogP contribution in [0.5, 0.6) is 5.75 Å². The van der Waals surface area contributed by atoms with Crippen molar-refractivity contribution in [1.82, 2.24) is 0 Å². The lowest BCUT2D eigenvalue weighted by Gasteiger charge is -2.19. The molecule has 0 spiro atoms. The van der Waals surface area contributed by atoms with Crippen LogP contribution in [0.2, 0.25) is 0 Å². The Labute approximate surface area is 133 Å². The zero-order chi connectivity index (χ0) is 15.2. The van der Waals surface area contributed by atoms with Crippen molar-refractivity contribution in [2.75, 3.05) is 6.61 Å². The molecule has 0 aromatic heterocycles. The first kappa shape index (κ1) is 15.6. The van der Waals surface area contributed by atoms with Gasteiger partial charge >= 0.3 is 5.97 Å². The number of carbonyl (C=O) groups excluding carboxylic acids is 1. The molecule has 0 saturated heterocycles. The Kier molecular flexibility index (Phi) is 5.39. The van der Waals surface area contributed by atoms with E-state index in [1.807, 2.05) is 55.5 Å². The number of esters is 1. The van der Waals surface area contributed by atoms with Crippen molar-refractivity contribution in [2.45, 2.75) is 20.0 Å². The van der Waals surface area contributed by atoms with E-state index in [9.17, 15) is 4.79 Å². The summed E-state index contributed by atoms with van der Waals surface area (Å²) < 4.78 is 12.0. The maximum atomic E-state index is 12.2. The number of hydrogen-bond donors (Lipinski definition) is 0. The number of benzene rings is 2. The summed E-state index contributed by atoms with van der Waals surface area (Å²) in [6.07, 6.45) is -0.758. The fraction of sp³-hybridized carbons (Fsp3) is 0.235. The van der Waals surface area contributed by atoms with Crippen LogP contribution >= 0.6 is 15.9 Å². The van der Waals surface area contributed by atoms with E-state index in [0.717, 1.165) is 15.6 Å². The molecule has 0 aliphatic heterocycles. The van der Waals surface area contributed by atoms with E-state index >= 15 is 0 Å². The molecule has 2 aromatic carbocycles. The van der Waals surface area contributed by atoms with Crippen molar-refractivity contribution in [3.8, 4) is 5.75 Å². The molecule has 0 N–H and O–H groups in total. The summed E-state index contributed by atoms with van der Waals surface area (Å²) in [5.41, 5.74) is 1.73. The fourth-order valence-corrected chi connectivity index (χ4v) is 2.45. The van der Waals surface area contributed by atoms with Crippen LogP contribution in [0, 0.1) is 6.92 Å². The predicted molar refractivity (Wildman–Crippen MR) is 85.3 cm³/mol. The summed E-state index contributed by atoms with van der Waals surface area (Å²) in [5.74, 6) is 0.283. The Morgan fingerprint density at radius 1 is 1.19 bits per heavy atom. The Morgan fingerprint density at radius 3 is 2.52 bits per heavy atom. The highest BCUT2D eigenvalue weighted by Gasteiger charge is 2.24. The highest BCUT2D eigenvalue weighted by molar-refractivity contribution is 9.10. The highest BCUT2D eigenvalue weighted by atomic mass is 79.9. The second-order valence-corrected chi connectivity index (χ2v) is 5.49.